The highest BCUT2D eigenvalue weighted by molar-refractivity contribution is 5.83. The first kappa shape index (κ1) is 14.2. The van der Waals surface area contributed by atoms with E-state index in [1.165, 1.54) is 6.07 Å². The van der Waals surface area contributed by atoms with E-state index in [1.54, 1.807) is 31.4 Å². The first-order valence-electron chi connectivity index (χ1n) is 6.17. The lowest BCUT2D eigenvalue weighted by Crippen LogP contribution is -2.08. The molecule has 0 heterocycles. The number of Topliss-reactive ketones (excluding diaryl/α,β-unsaturated/α-hetero) is 1. The molecule has 0 aliphatic rings. The summed E-state index contributed by atoms with van der Waals surface area (Å²) in [4.78, 5) is 11.9. The highest BCUT2D eigenvalue weighted by Gasteiger charge is 2.10. The minimum atomic E-state index is -0.691. The maximum atomic E-state index is 13.5. The molecule has 0 unspecified atom stereocenters. The molecule has 0 aromatic heterocycles. The third-order valence-corrected chi connectivity index (χ3v) is 2.94. The van der Waals surface area contributed by atoms with Crippen LogP contribution in [0.25, 0.3) is 0 Å². The third-order valence-electron chi connectivity index (χ3n) is 2.94. The van der Waals surface area contributed by atoms with Crippen LogP contribution < -0.4 is 4.74 Å². The van der Waals surface area contributed by atoms with Crippen molar-refractivity contribution in [2.75, 3.05) is 7.11 Å². The second kappa shape index (κ2) is 6.28. The Balaban J connectivity index is 2.05. The molecule has 0 bridgehead atoms. The van der Waals surface area contributed by atoms with Crippen LogP contribution in [0, 0.1) is 11.6 Å². The van der Waals surface area contributed by atoms with Gasteiger partial charge in [-0.15, -0.1) is 0 Å². The summed E-state index contributed by atoms with van der Waals surface area (Å²) in [6, 6.07) is 10.4. The van der Waals surface area contributed by atoms with Crippen LogP contribution in [0.15, 0.2) is 42.5 Å². The number of hydrogen-bond donors (Lipinski definition) is 0. The van der Waals surface area contributed by atoms with Crippen LogP contribution in [-0.2, 0) is 17.6 Å². The zero-order valence-electron chi connectivity index (χ0n) is 11.0. The molecule has 2 rings (SSSR count). The molecule has 4 heteroatoms. The van der Waals surface area contributed by atoms with Gasteiger partial charge in [0.2, 0.25) is 0 Å². The molecule has 0 fully saturated rings. The van der Waals surface area contributed by atoms with E-state index in [0.29, 0.717) is 5.75 Å². The lowest BCUT2D eigenvalue weighted by molar-refractivity contribution is -0.117. The summed E-state index contributed by atoms with van der Waals surface area (Å²) in [5, 5.41) is 0. The van der Waals surface area contributed by atoms with Crippen molar-refractivity contribution in [1.82, 2.24) is 0 Å². The summed E-state index contributed by atoms with van der Waals surface area (Å²) in [5.41, 5.74) is 1.01. The number of carbonyl (C=O) groups is 1. The van der Waals surface area contributed by atoms with Gasteiger partial charge in [0, 0.05) is 18.9 Å². The number of methoxy groups -OCH3 is 1. The van der Waals surface area contributed by atoms with E-state index in [2.05, 4.69) is 0 Å². The molecule has 0 atom stereocenters. The Hall–Kier alpha value is -2.23. The molecule has 104 valence electrons. The van der Waals surface area contributed by atoms with Crippen molar-refractivity contribution < 1.29 is 18.3 Å². The first-order chi connectivity index (χ1) is 9.58. The Morgan fingerprint density at radius 2 is 1.90 bits per heavy atom. The molecule has 0 saturated heterocycles. The minimum absolute atomic E-state index is 0.0523. The van der Waals surface area contributed by atoms with E-state index in [4.69, 9.17) is 4.74 Å². The molecule has 0 amide bonds. The molecular weight excluding hydrogens is 262 g/mol. The monoisotopic (exact) mass is 276 g/mol. The maximum absolute atomic E-state index is 13.5. The van der Waals surface area contributed by atoms with Gasteiger partial charge in [0.15, 0.2) is 0 Å². The summed E-state index contributed by atoms with van der Waals surface area (Å²) < 4.78 is 31.3. The van der Waals surface area contributed by atoms with Gasteiger partial charge in [-0.1, -0.05) is 18.2 Å². The third kappa shape index (κ3) is 3.63. The fourth-order valence-electron chi connectivity index (χ4n) is 1.95. The zero-order chi connectivity index (χ0) is 14.5. The Kier molecular flexibility index (Phi) is 4.45. The van der Waals surface area contributed by atoms with E-state index in [-0.39, 0.29) is 24.2 Å². The topological polar surface area (TPSA) is 26.3 Å². The van der Waals surface area contributed by atoms with Gasteiger partial charge in [0.1, 0.15) is 23.2 Å². The van der Waals surface area contributed by atoms with Crippen LogP contribution in [0.1, 0.15) is 11.1 Å². The highest BCUT2D eigenvalue weighted by atomic mass is 19.1. The Morgan fingerprint density at radius 1 is 1.10 bits per heavy atom. The molecule has 0 radical (unpaired) electrons. The normalized spacial score (nSPS) is 10.3. The van der Waals surface area contributed by atoms with Crippen molar-refractivity contribution in [3.8, 4) is 5.75 Å². The summed E-state index contributed by atoms with van der Waals surface area (Å²) in [6.07, 6.45) is 0.136. The molecular formula is C16H14F2O2. The van der Waals surface area contributed by atoms with E-state index in [1.807, 2.05) is 0 Å². The van der Waals surface area contributed by atoms with Gasteiger partial charge in [0.05, 0.1) is 7.11 Å². The van der Waals surface area contributed by atoms with Gasteiger partial charge < -0.3 is 4.74 Å². The van der Waals surface area contributed by atoms with Crippen molar-refractivity contribution >= 4 is 5.78 Å². The largest absolute Gasteiger partial charge is 0.497 e. The van der Waals surface area contributed by atoms with Crippen molar-refractivity contribution in [3.63, 3.8) is 0 Å². The molecule has 0 aliphatic carbocycles. The number of benzene rings is 2. The van der Waals surface area contributed by atoms with Crippen molar-refractivity contribution in [1.29, 1.82) is 0 Å². The predicted octanol–water partition coefficient (Wildman–Crippen LogP) is 3.33. The number of ketones is 1. The molecule has 2 aromatic rings. The summed E-state index contributed by atoms with van der Waals surface area (Å²) in [6.45, 7) is 0. The number of rotatable bonds is 5. The van der Waals surface area contributed by atoms with Gasteiger partial charge in [-0.3, -0.25) is 4.79 Å². The fraction of sp³-hybridized carbons (Fsp3) is 0.188. The van der Waals surface area contributed by atoms with E-state index >= 15 is 0 Å². The summed E-state index contributed by atoms with van der Waals surface area (Å²) >= 11 is 0. The average Bonchev–Trinajstić information content (AvgIpc) is 2.42. The van der Waals surface area contributed by atoms with Crippen molar-refractivity contribution in [2.45, 2.75) is 12.8 Å². The SMILES string of the molecule is COc1cccc(CC(=O)Cc2ccc(F)cc2F)c1. The maximum Gasteiger partial charge on any atom is 0.141 e. The highest BCUT2D eigenvalue weighted by Crippen LogP contribution is 2.15. The van der Waals surface area contributed by atoms with Gasteiger partial charge in [-0.05, 0) is 29.3 Å². The minimum Gasteiger partial charge on any atom is -0.497 e. The van der Waals surface area contributed by atoms with E-state index in [9.17, 15) is 13.6 Å². The molecule has 2 aromatic carbocycles. The van der Waals surface area contributed by atoms with E-state index in [0.717, 1.165) is 17.7 Å². The van der Waals surface area contributed by atoms with Gasteiger partial charge >= 0.3 is 0 Å². The van der Waals surface area contributed by atoms with E-state index < -0.39 is 11.6 Å². The molecule has 0 saturated carbocycles. The second-order valence-electron chi connectivity index (χ2n) is 4.48. The molecule has 2 nitrogen and oxygen atoms in total. The average molecular weight is 276 g/mol. The lowest BCUT2D eigenvalue weighted by Gasteiger charge is -2.05. The first-order valence-corrected chi connectivity index (χ1v) is 6.17. The quantitative estimate of drug-likeness (QED) is 0.837. The fourth-order valence-corrected chi connectivity index (χ4v) is 1.95. The van der Waals surface area contributed by atoms with Crippen LogP contribution in [-0.4, -0.2) is 12.9 Å². The van der Waals surface area contributed by atoms with Crippen molar-refractivity contribution in [3.05, 3.63) is 65.2 Å². The van der Waals surface area contributed by atoms with Crippen LogP contribution in [0.2, 0.25) is 0 Å². The van der Waals surface area contributed by atoms with Crippen LogP contribution in [0.3, 0.4) is 0 Å². The number of hydrogen-bond acceptors (Lipinski definition) is 2. The standard InChI is InChI=1S/C16H14F2O2/c1-20-15-4-2-3-11(8-15)7-14(19)9-12-5-6-13(17)10-16(12)18/h2-6,8,10H,7,9H2,1H3. The van der Waals surface area contributed by atoms with Gasteiger partial charge in [0.25, 0.3) is 0 Å². The van der Waals surface area contributed by atoms with Crippen LogP contribution in [0.5, 0.6) is 5.75 Å². The van der Waals surface area contributed by atoms with Gasteiger partial charge in [-0.25, -0.2) is 8.78 Å². The Labute approximate surface area is 116 Å². The Bertz CT molecular complexity index is 624. The smallest absolute Gasteiger partial charge is 0.141 e. The summed E-state index contributed by atoms with van der Waals surface area (Å²) in [5.74, 6) is -0.803. The zero-order valence-corrected chi connectivity index (χ0v) is 11.0. The molecule has 0 aliphatic heterocycles. The molecule has 20 heavy (non-hydrogen) atoms. The number of ether oxygens (including phenoxy) is 1. The number of halogens is 2. The van der Waals surface area contributed by atoms with Crippen LogP contribution in [0.4, 0.5) is 8.78 Å². The second-order valence-corrected chi connectivity index (χ2v) is 4.48. The lowest BCUT2D eigenvalue weighted by atomic mass is 10.0. The molecule has 0 spiro atoms. The van der Waals surface area contributed by atoms with Gasteiger partial charge in [-0.2, -0.15) is 0 Å². The van der Waals surface area contributed by atoms with Crippen LogP contribution >= 0.6 is 0 Å². The number of carbonyl (C=O) groups excluding carboxylic acids is 1. The molecule has 0 N–H and O–H groups in total. The predicted molar refractivity (Wildman–Crippen MR) is 71.8 cm³/mol. The Morgan fingerprint density at radius 3 is 2.60 bits per heavy atom. The summed E-state index contributed by atoms with van der Waals surface area (Å²) in [7, 11) is 1.55. The van der Waals surface area contributed by atoms with Crippen molar-refractivity contribution in [2.24, 2.45) is 0 Å².